The molecule has 128 valence electrons. The third-order valence-corrected chi connectivity index (χ3v) is 4.02. The summed E-state index contributed by atoms with van der Waals surface area (Å²) >= 11 is 0. The van der Waals surface area contributed by atoms with Gasteiger partial charge in [0, 0.05) is 5.56 Å². The van der Waals surface area contributed by atoms with Crippen LogP contribution >= 0.6 is 0 Å². The molecule has 0 atom stereocenters. The van der Waals surface area contributed by atoms with Crippen molar-refractivity contribution in [2.24, 2.45) is 0 Å². The van der Waals surface area contributed by atoms with Crippen molar-refractivity contribution >= 4 is 0 Å². The van der Waals surface area contributed by atoms with Crippen LogP contribution in [0, 0.1) is 0 Å². The molecule has 0 unspecified atom stereocenters. The van der Waals surface area contributed by atoms with Crippen LogP contribution in [0.15, 0.2) is 84.9 Å². The van der Waals surface area contributed by atoms with Gasteiger partial charge in [-0.2, -0.15) is 0 Å². The molecular weight excluding hydrogens is 308 g/mol. The van der Waals surface area contributed by atoms with Gasteiger partial charge in [0.15, 0.2) is 0 Å². The standard InChI is InChI=1S/C23H24O2/c1-23(2,3)19-16-14-18(15-17-19)22(24-20-10-6-4-7-11-20)25-21-12-8-5-9-13-21/h4-17,22H,1-3H3. The lowest BCUT2D eigenvalue weighted by atomic mass is 9.87. The fourth-order valence-electron chi connectivity index (χ4n) is 2.55. The van der Waals surface area contributed by atoms with Gasteiger partial charge in [0.2, 0.25) is 0 Å². The second-order valence-electron chi connectivity index (χ2n) is 7.07. The summed E-state index contributed by atoms with van der Waals surface area (Å²) < 4.78 is 12.2. The lowest BCUT2D eigenvalue weighted by Gasteiger charge is -2.23. The van der Waals surface area contributed by atoms with Crippen LogP contribution in [-0.4, -0.2) is 0 Å². The fourth-order valence-corrected chi connectivity index (χ4v) is 2.55. The summed E-state index contributed by atoms with van der Waals surface area (Å²) in [5, 5.41) is 0. The van der Waals surface area contributed by atoms with E-state index in [2.05, 4.69) is 45.0 Å². The molecule has 25 heavy (non-hydrogen) atoms. The van der Waals surface area contributed by atoms with Crippen molar-refractivity contribution in [1.82, 2.24) is 0 Å². The Hall–Kier alpha value is -2.74. The average molecular weight is 332 g/mol. The van der Waals surface area contributed by atoms with Crippen molar-refractivity contribution in [3.8, 4) is 11.5 Å². The molecule has 3 aromatic carbocycles. The van der Waals surface area contributed by atoms with Crippen LogP contribution < -0.4 is 9.47 Å². The highest BCUT2D eigenvalue weighted by atomic mass is 16.7. The highest BCUT2D eigenvalue weighted by Crippen LogP contribution is 2.28. The van der Waals surface area contributed by atoms with Crippen LogP contribution in [-0.2, 0) is 5.41 Å². The smallest absolute Gasteiger partial charge is 0.267 e. The molecule has 0 aliphatic carbocycles. The Morgan fingerprint density at radius 1 is 0.600 bits per heavy atom. The van der Waals surface area contributed by atoms with Gasteiger partial charge in [-0.25, -0.2) is 0 Å². The Labute approximate surface area is 150 Å². The first kappa shape index (κ1) is 17.1. The maximum Gasteiger partial charge on any atom is 0.267 e. The van der Waals surface area contributed by atoms with Crippen LogP contribution in [0.4, 0.5) is 0 Å². The van der Waals surface area contributed by atoms with Gasteiger partial charge in [0.1, 0.15) is 11.5 Å². The summed E-state index contributed by atoms with van der Waals surface area (Å²) in [4.78, 5) is 0. The van der Waals surface area contributed by atoms with Crippen molar-refractivity contribution < 1.29 is 9.47 Å². The molecule has 0 N–H and O–H groups in total. The summed E-state index contributed by atoms with van der Waals surface area (Å²) in [6.45, 7) is 6.63. The molecule has 0 aliphatic rings. The molecule has 0 aromatic heterocycles. The minimum absolute atomic E-state index is 0.120. The summed E-state index contributed by atoms with van der Waals surface area (Å²) in [5.74, 6) is 1.56. The molecule has 0 bridgehead atoms. The van der Waals surface area contributed by atoms with Crippen molar-refractivity contribution in [2.45, 2.75) is 32.5 Å². The number of hydrogen-bond acceptors (Lipinski definition) is 2. The van der Waals surface area contributed by atoms with Gasteiger partial charge in [-0.15, -0.1) is 0 Å². The second kappa shape index (κ2) is 7.43. The molecule has 0 spiro atoms. The Morgan fingerprint density at radius 2 is 1.04 bits per heavy atom. The van der Waals surface area contributed by atoms with E-state index in [1.54, 1.807) is 0 Å². The lowest BCUT2D eigenvalue weighted by molar-refractivity contribution is 0.00379. The lowest BCUT2D eigenvalue weighted by Crippen LogP contribution is -2.16. The predicted octanol–water partition coefficient (Wildman–Crippen LogP) is 6.14. The summed E-state index contributed by atoms with van der Waals surface area (Å²) in [6, 6.07) is 28.0. The van der Waals surface area contributed by atoms with E-state index in [0.717, 1.165) is 17.1 Å². The minimum Gasteiger partial charge on any atom is -0.451 e. The monoisotopic (exact) mass is 332 g/mol. The molecule has 0 saturated carbocycles. The van der Waals surface area contributed by atoms with Gasteiger partial charge in [0.25, 0.3) is 6.29 Å². The second-order valence-corrected chi connectivity index (χ2v) is 7.07. The van der Waals surface area contributed by atoms with Crippen molar-refractivity contribution in [3.63, 3.8) is 0 Å². The molecule has 2 nitrogen and oxygen atoms in total. The molecule has 0 amide bonds. The normalized spacial score (nSPS) is 11.4. The molecule has 0 aliphatic heterocycles. The van der Waals surface area contributed by atoms with Gasteiger partial charge in [-0.05, 0) is 35.2 Å². The van der Waals surface area contributed by atoms with Gasteiger partial charge < -0.3 is 9.47 Å². The van der Waals surface area contributed by atoms with Crippen LogP contribution in [0.25, 0.3) is 0 Å². The van der Waals surface area contributed by atoms with Crippen molar-refractivity contribution in [3.05, 3.63) is 96.1 Å². The largest absolute Gasteiger partial charge is 0.451 e. The van der Waals surface area contributed by atoms with Crippen molar-refractivity contribution in [2.75, 3.05) is 0 Å². The minimum atomic E-state index is -0.501. The Bertz CT molecular complexity index is 730. The van der Waals surface area contributed by atoms with Gasteiger partial charge in [-0.1, -0.05) is 81.4 Å². The molecule has 2 heteroatoms. The van der Waals surface area contributed by atoms with Crippen LogP contribution in [0.3, 0.4) is 0 Å². The molecular formula is C23H24O2. The third-order valence-electron chi connectivity index (χ3n) is 4.02. The Morgan fingerprint density at radius 3 is 1.44 bits per heavy atom. The SMILES string of the molecule is CC(C)(C)c1ccc(C(Oc2ccccc2)Oc2ccccc2)cc1. The zero-order valence-corrected chi connectivity index (χ0v) is 15.0. The molecule has 0 fully saturated rings. The van der Waals surface area contributed by atoms with Gasteiger partial charge in [0.05, 0.1) is 0 Å². The highest BCUT2D eigenvalue weighted by Gasteiger charge is 2.18. The van der Waals surface area contributed by atoms with E-state index in [-0.39, 0.29) is 5.41 Å². The summed E-state index contributed by atoms with van der Waals surface area (Å²) in [7, 11) is 0. The van der Waals surface area contributed by atoms with E-state index < -0.39 is 6.29 Å². The quantitative estimate of drug-likeness (QED) is 0.522. The molecule has 3 aromatic rings. The summed E-state index contributed by atoms with van der Waals surface area (Å²) in [5.41, 5.74) is 2.39. The van der Waals surface area contributed by atoms with E-state index in [9.17, 15) is 0 Å². The maximum atomic E-state index is 6.11. The van der Waals surface area contributed by atoms with Crippen LogP contribution in [0.1, 0.15) is 38.2 Å². The fraction of sp³-hybridized carbons (Fsp3) is 0.217. The molecule has 0 heterocycles. The van der Waals surface area contributed by atoms with E-state index in [0.29, 0.717) is 0 Å². The van der Waals surface area contributed by atoms with Crippen LogP contribution in [0.5, 0.6) is 11.5 Å². The van der Waals surface area contributed by atoms with Crippen molar-refractivity contribution in [1.29, 1.82) is 0 Å². The number of hydrogen-bond donors (Lipinski definition) is 0. The first-order valence-electron chi connectivity index (χ1n) is 8.56. The van der Waals surface area contributed by atoms with E-state index >= 15 is 0 Å². The zero-order chi connectivity index (χ0) is 17.7. The third kappa shape index (κ3) is 4.63. The highest BCUT2D eigenvalue weighted by molar-refractivity contribution is 5.31. The Balaban J connectivity index is 1.87. The molecule has 0 saturated heterocycles. The predicted molar refractivity (Wildman–Crippen MR) is 102 cm³/mol. The number of ether oxygens (including phenoxy) is 2. The van der Waals surface area contributed by atoms with Gasteiger partial charge in [-0.3, -0.25) is 0 Å². The first-order chi connectivity index (χ1) is 12.0. The van der Waals surface area contributed by atoms with E-state index in [1.165, 1.54) is 5.56 Å². The van der Waals surface area contributed by atoms with E-state index in [4.69, 9.17) is 9.47 Å². The number of benzene rings is 3. The first-order valence-corrected chi connectivity index (χ1v) is 8.56. The Kier molecular flexibility index (Phi) is 5.08. The average Bonchev–Trinajstić information content (AvgIpc) is 2.62. The molecule has 0 radical (unpaired) electrons. The zero-order valence-electron chi connectivity index (χ0n) is 15.0. The van der Waals surface area contributed by atoms with Crippen LogP contribution in [0.2, 0.25) is 0 Å². The van der Waals surface area contributed by atoms with Gasteiger partial charge >= 0.3 is 0 Å². The maximum absolute atomic E-state index is 6.11. The number of para-hydroxylation sites is 2. The summed E-state index contributed by atoms with van der Waals surface area (Å²) in [6.07, 6.45) is -0.501. The van der Waals surface area contributed by atoms with E-state index in [1.807, 2.05) is 60.7 Å². The topological polar surface area (TPSA) is 18.5 Å². The molecule has 3 rings (SSSR count). The number of rotatable bonds is 5.